The minimum atomic E-state index is -4.61. The summed E-state index contributed by atoms with van der Waals surface area (Å²) in [6.07, 6.45) is -5.88. The summed E-state index contributed by atoms with van der Waals surface area (Å²) in [7, 11) is 0. The molecule has 1 aliphatic heterocycles. The molecule has 0 aliphatic carbocycles. The maximum absolute atomic E-state index is 13.6. The van der Waals surface area contributed by atoms with Crippen LogP contribution in [0.4, 0.5) is 19.0 Å². The van der Waals surface area contributed by atoms with Gasteiger partial charge in [0.2, 0.25) is 0 Å². The molecule has 2 aromatic rings. The fourth-order valence-corrected chi connectivity index (χ4v) is 4.79. The normalized spacial score (nSPS) is 15.3. The van der Waals surface area contributed by atoms with E-state index in [1.807, 2.05) is 0 Å². The maximum atomic E-state index is 13.6. The third-order valence-electron chi connectivity index (χ3n) is 6.48. The summed E-state index contributed by atoms with van der Waals surface area (Å²) in [6.45, 7) is 8.12. The van der Waals surface area contributed by atoms with E-state index in [9.17, 15) is 37.5 Å². The zero-order chi connectivity index (χ0) is 32.1. The summed E-state index contributed by atoms with van der Waals surface area (Å²) in [5.41, 5.74) is -1.88. The van der Waals surface area contributed by atoms with E-state index >= 15 is 0 Å². The number of hydrogen-bond donors (Lipinski definition) is 1. The number of benzene rings is 1. The van der Waals surface area contributed by atoms with Crippen LogP contribution in [0, 0.1) is 0 Å². The van der Waals surface area contributed by atoms with Gasteiger partial charge < -0.3 is 24.2 Å². The largest absolute Gasteiger partial charge is 0.478 e. The van der Waals surface area contributed by atoms with Gasteiger partial charge in [-0.1, -0.05) is 12.1 Å². The number of rotatable bonds is 10. The Bertz CT molecular complexity index is 1370. The van der Waals surface area contributed by atoms with Crippen molar-refractivity contribution < 1.29 is 51.7 Å². The maximum Gasteiger partial charge on any atom is 0.389 e. The topological polar surface area (TPSA) is 132 Å². The van der Waals surface area contributed by atoms with E-state index in [1.165, 1.54) is 36.1 Å². The Kier molecular flexibility index (Phi) is 10.4. The number of carboxylic acid groups (broad SMARTS) is 1. The van der Waals surface area contributed by atoms with Crippen molar-refractivity contribution in [1.29, 1.82) is 0 Å². The molecule has 10 nitrogen and oxygen atoms in total. The van der Waals surface area contributed by atoms with Crippen LogP contribution in [0.25, 0.3) is 11.1 Å². The van der Waals surface area contributed by atoms with E-state index in [0.29, 0.717) is 12.8 Å². The number of carbonyl (C=O) groups excluding carboxylic acids is 3. The lowest BCUT2D eigenvalue weighted by atomic mass is 9.91. The standard InChI is InChI=1S/C30H35F3N2O8/c1-6-41-27(39)22-19(14-15-30(31,32)33)34-24(35-16-8-9-20(35)26(38)43-29(3,4)5)23(28(40)42-7-2)21(22)17-10-12-18(13-11-17)25(36)37/h10-13,20H,6-9,14-16H2,1-5H3,(H,36,37)/t20-/m0/s1. The highest BCUT2D eigenvalue weighted by atomic mass is 19.4. The first-order valence-electron chi connectivity index (χ1n) is 13.9. The lowest BCUT2D eigenvalue weighted by Crippen LogP contribution is -2.42. The van der Waals surface area contributed by atoms with E-state index in [4.69, 9.17) is 14.2 Å². The van der Waals surface area contributed by atoms with Crippen molar-refractivity contribution in [2.75, 3.05) is 24.7 Å². The number of carboxylic acids is 1. The molecule has 234 valence electrons. The SMILES string of the molecule is CCOC(=O)c1c(CCC(F)(F)F)nc(N2CCC[C@H]2C(=O)OC(C)(C)C)c(C(=O)OCC)c1-c1ccc(C(=O)O)cc1. The fourth-order valence-electron chi connectivity index (χ4n) is 4.79. The van der Waals surface area contributed by atoms with Crippen molar-refractivity contribution in [1.82, 2.24) is 4.98 Å². The number of aromatic carboxylic acids is 1. The number of aromatic nitrogens is 1. The van der Waals surface area contributed by atoms with E-state index in [1.54, 1.807) is 27.7 Å². The van der Waals surface area contributed by atoms with E-state index in [0.717, 1.165) is 0 Å². The summed E-state index contributed by atoms with van der Waals surface area (Å²) in [5, 5.41) is 9.40. The van der Waals surface area contributed by atoms with Crippen LogP contribution in [-0.4, -0.2) is 71.5 Å². The molecule has 1 aromatic carbocycles. The number of anilines is 1. The van der Waals surface area contributed by atoms with Crippen molar-refractivity contribution >= 4 is 29.7 Å². The van der Waals surface area contributed by atoms with Crippen LogP contribution in [-0.2, 0) is 25.4 Å². The van der Waals surface area contributed by atoms with Crippen molar-refractivity contribution in [3.8, 4) is 11.1 Å². The third kappa shape index (κ3) is 8.23. The molecule has 1 aromatic heterocycles. The molecule has 1 atom stereocenters. The van der Waals surface area contributed by atoms with E-state index in [2.05, 4.69) is 4.98 Å². The molecule has 0 bridgehead atoms. The van der Waals surface area contributed by atoms with Crippen LogP contribution in [0.2, 0.25) is 0 Å². The number of carbonyl (C=O) groups is 4. The highest BCUT2D eigenvalue weighted by molar-refractivity contribution is 6.10. The van der Waals surface area contributed by atoms with Gasteiger partial charge in [-0.15, -0.1) is 0 Å². The Morgan fingerprint density at radius 3 is 2.07 bits per heavy atom. The smallest absolute Gasteiger partial charge is 0.389 e. The van der Waals surface area contributed by atoms with E-state index < -0.39 is 54.5 Å². The Hall–Kier alpha value is -4.16. The summed E-state index contributed by atoms with van der Waals surface area (Å²) in [6, 6.07) is 4.20. The molecular weight excluding hydrogens is 573 g/mol. The number of nitrogens with zero attached hydrogens (tertiary/aromatic N) is 2. The van der Waals surface area contributed by atoms with Crippen molar-refractivity contribution in [3.05, 3.63) is 46.6 Å². The molecule has 0 unspecified atom stereocenters. The Morgan fingerprint density at radius 1 is 0.977 bits per heavy atom. The Labute approximate surface area is 247 Å². The lowest BCUT2D eigenvalue weighted by Gasteiger charge is -2.30. The summed E-state index contributed by atoms with van der Waals surface area (Å²) in [4.78, 5) is 57.7. The number of pyridine rings is 1. The monoisotopic (exact) mass is 608 g/mol. The molecular formula is C30H35F3N2O8. The summed E-state index contributed by atoms with van der Waals surface area (Å²) in [5.74, 6) is -3.95. The van der Waals surface area contributed by atoms with Crippen LogP contribution < -0.4 is 4.90 Å². The number of halogens is 3. The summed E-state index contributed by atoms with van der Waals surface area (Å²) >= 11 is 0. The predicted molar refractivity (Wildman–Crippen MR) is 149 cm³/mol. The first kappa shape index (κ1) is 33.3. The molecule has 0 amide bonds. The molecule has 1 N–H and O–H groups in total. The fraction of sp³-hybridized carbons (Fsp3) is 0.500. The number of alkyl halides is 3. The van der Waals surface area contributed by atoms with Gasteiger partial charge in [0.1, 0.15) is 23.0 Å². The highest BCUT2D eigenvalue weighted by Gasteiger charge is 2.40. The zero-order valence-electron chi connectivity index (χ0n) is 24.7. The Balaban J connectivity index is 2.43. The number of hydrogen-bond acceptors (Lipinski definition) is 9. The number of ether oxygens (including phenoxy) is 3. The van der Waals surface area contributed by atoms with Gasteiger partial charge in [-0.05, 0) is 71.6 Å². The first-order valence-corrected chi connectivity index (χ1v) is 13.9. The number of aryl methyl sites for hydroxylation is 1. The van der Waals surface area contributed by atoms with Gasteiger partial charge in [0.25, 0.3) is 0 Å². The van der Waals surface area contributed by atoms with Crippen molar-refractivity contribution in [2.45, 2.75) is 78.1 Å². The molecule has 0 saturated carbocycles. The van der Waals surface area contributed by atoms with Gasteiger partial charge in [-0.3, -0.25) is 0 Å². The van der Waals surface area contributed by atoms with Gasteiger partial charge in [-0.25, -0.2) is 24.2 Å². The van der Waals surface area contributed by atoms with E-state index in [-0.39, 0.29) is 59.1 Å². The molecule has 1 aliphatic rings. The van der Waals surface area contributed by atoms with Crippen LogP contribution >= 0.6 is 0 Å². The third-order valence-corrected chi connectivity index (χ3v) is 6.48. The minimum Gasteiger partial charge on any atom is -0.478 e. The van der Waals surface area contributed by atoms with Crippen LogP contribution in [0.5, 0.6) is 0 Å². The summed E-state index contributed by atoms with van der Waals surface area (Å²) < 4.78 is 56.5. The quantitative estimate of drug-likeness (QED) is 0.268. The Morgan fingerprint density at radius 2 is 1.56 bits per heavy atom. The van der Waals surface area contributed by atoms with Gasteiger partial charge >= 0.3 is 30.1 Å². The molecule has 1 fully saturated rings. The van der Waals surface area contributed by atoms with Crippen LogP contribution in [0.3, 0.4) is 0 Å². The van der Waals surface area contributed by atoms with Gasteiger partial charge in [0, 0.05) is 18.5 Å². The first-order chi connectivity index (χ1) is 20.1. The predicted octanol–water partition coefficient (Wildman–Crippen LogP) is 5.61. The minimum absolute atomic E-state index is 0.0876. The van der Waals surface area contributed by atoms with Gasteiger partial charge in [0.05, 0.1) is 30.0 Å². The molecule has 1 saturated heterocycles. The average Bonchev–Trinajstić information content (AvgIpc) is 3.40. The molecule has 3 rings (SSSR count). The molecule has 43 heavy (non-hydrogen) atoms. The molecule has 0 radical (unpaired) electrons. The van der Waals surface area contributed by atoms with Gasteiger partial charge in [0.15, 0.2) is 0 Å². The van der Waals surface area contributed by atoms with Crippen LogP contribution in [0.15, 0.2) is 24.3 Å². The second kappa shape index (κ2) is 13.4. The average molecular weight is 609 g/mol. The highest BCUT2D eigenvalue weighted by Crippen LogP contribution is 2.40. The second-order valence-corrected chi connectivity index (χ2v) is 10.8. The zero-order valence-corrected chi connectivity index (χ0v) is 24.7. The molecule has 2 heterocycles. The van der Waals surface area contributed by atoms with Crippen molar-refractivity contribution in [3.63, 3.8) is 0 Å². The second-order valence-electron chi connectivity index (χ2n) is 10.8. The molecule has 0 spiro atoms. The van der Waals surface area contributed by atoms with Crippen molar-refractivity contribution in [2.24, 2.45) is 0 Å². The molecule has 13 heteroatoms. The number of esters is 3. The van der Waals surface area contributed by atoms with Crippen LogP contribution in [0.1, 0.15) is 90.6 Å². The van der Waals surface area contributed by atoms with Gasteiger partial charge in [-0.2, -0.15) is 13.2 Å². The lowest BCUT2D eigenvalue weighted by molar-refractivity contribution is -0.156.